The van der Waals surface area contributed by atoms with Crippen molar-refractivity contribution in [2.24, 2.45) is 5.92 Å². The summed E-state index contributed by atoms with van der Waals surface area (Å²) in [5.41, 5.74) is 0.000726. The first-order valence-electron chi connectivity index (χ1n) is 7.21. The fourth-order valence-corrected chi connectivity index (χ4v) is 2.45. The molecule has 114 valence electrons. The van der Waals surface area contributed by atoms with E-state index in [-0.39, 0.29) is 11.7 Å². The largest absolute Gasteiger partial charge is 0.493 e. The zero-order valence-corrected chi connectivity index (χ0v) is 12.0. The van der Waals surface area contributed by atoms with E-state index in [4.69, 9.17) is 9.84 Å². The number of aromatic carboxylic acids is 1. The SMILES string of the molecule is O=C(O)c1ccnc(NC2CC(COc3ccccc3)C2)n1. The van der Waals surface area contributed by atoms with Gasteiger partial charge in [-0.15, -0.1) is 0 Å². The van der Waals surface area contributed by atoms with Gasteiger partial charge < -0.3 is 15.2 Å². The number of carbonyl (C=O) groups is 1. The van der Waals surface area contributed by atoms with E-state index < -0.39 is 5.97 Å². The summed E-state index contributed by atoms with van der Waals surface area (Å²) in [7, 11) is 0. The molecule has 6 heteroatoms. The Bertz CT molecular complexity index is 642. The summed E-state index contributed by atoms with van der Waals surface area (Å²) in [5, 5.41) is 12.1. The maximum atomic E-state index is 10.9. The van der Waals surface area contributed by atoms with E-state index in [1.165, 1.54) is 12.3 Å². The minimum Gasteiger partial charge on any atom is -0.493 e. The predicted octanol–water partition coefficient (Wildman–Crippen LogP) is 2.44. The van der Waals surface area contributed by atoms with Crippen molar-refractivity contribution < 1.29 is 14.6 Å². The molecule has 1 aromatic heterocycles. The molecule has 0 spiro atoms. The normalized spacial score (nSPS) is 20.0. The lowest BCUT2D eigenvalue weighted by Gasteiger charge is -2.35. The number of ether oxygens (including phenoxy) is 1. The Balaban J connectivity index is 1.44. The summed E-state index contributed by atoms with van der Waals surface area (Å²) in [6.45, 7) is 0.693. The van der Waals surface area contributed by atoms with Crippen molar-refractivity contribution in [3.63, 3.8) is 0 Å². The molecule has 3 rings (SSSR count). The number of rotatable bonds is 6. The molecule has 1 saturated carbocycles. The smallest absolute Gasteiger partial charge is 0.354 e. The number of para-hydroxylation sites is 1. The average Bonchev–Trinajstić information content (AvgIpc) is 2.50. The Kier molecular flexibility index (Phi) is 4.18. The topological polar surface area (TPSA) is 84.3 Å². The molecule has 0 aliphatic heterocycles. The molecule has 0 bridgehead atoms. The molecule has 0 saturated heterocycles. The molecule has 0 amide bonds. The van der Waals surface area contributed by atoms with Crippen LogP contribution >= 0.6 is 0 Å². The van der Waals surface area contributed by atoms with Gasteiger partial charge >= 0.3 is 5.97 Å². The van der Waals surface area contributed by atoms with Crippen molar-refractivity contribution >= 4 is 11.9 Å². The van der Waals surface area contributed by atoms with Gasteiger partial charge in [-0.25, -0.2) is 14.8 Å². The van der Waals surface area contributed by atoms with Crippen LogP contribution in [0.2, 0.25) is 0 Å². The number of anilines is 1. The number of carboxylic acids is 1. The second kappa shape index (κ2) is 6.43. The molecule has 0 atom stereocenters. The number of nitrogens with zero attached hydrogens (tertiary/aromatic N) is 2. The first-order valence-corrected chi connectivity index (χ1v) is 7.21. The van der Waals surface area contributed by atoms with Gasteiger partial charge in [0.2, 0.25) is 5.95 Å². The number of carboxylic acid groups (broad SMARTS) is 1. The Hall–Kier alpha value is -2.63. The molecule has 1 aromatic carbocycles. The van der Waals surface area contributed by atoms with Crippen LogP contribution in [-0.4, -0.2) is 33.7 Å². The van der Waals surface area contributed by atoms with E-state index in [1.807, 2.05) is 30.3 Å². The summed E-state index contributed by atoms with van der Waals surface area (Å²) >= 11 is 0. The van der Waals surface area contributed by atoms with Crippen molar-refractivity contribution in [1.29, 1.82) is 0 Å². The third-order valence-corrected chi connectivity index (χ3v) is 3.67. The molecule has 22 heavy (non-hydrogen) atoms. The van der Waals surface area contributed by atoms with Crippen LogP contribution < -0.4 is 10.1 Å². The van der Waals surface area contributed by atoms with Gasteiger partial charge in [0, 0.05) is 12.2 Å². The van der Waals surface area contributed by atoms with Crippen LogP contribution in [-0.2, 0) is 0 Å². The fraction of sp³-hybridized carbons (Fsp3) is 0.312. The molecular weight excluding hydrogens is 282 g/mol. The molecule has 6 nitrogen and oxygen atoms in total. The molecule has 0 unspecified atom stereocenters. The molecule has 1 aliphatic rings. The lowest BCUT2D eigenvalue weighted by Crippen LogP contribution is -2.38. The molecule has 1 aliphatic carbocycles. The monoisotopic (exact) mass is 299 g/mol. The minimum atomic E-state index is -1.05. The van der Waals surface area contributed by atoms with E-state index in [0.717, 1.165) is 18.6 Å². The molecule has 1 heterocycles. The van der Waals surface area contributed by atoms with Crippen LogP contribution in [0, 0.1) is 5.92 Å². The number of benzene rings is 1. The number of aromatic nitrogens is 2. The highest BCUT2D eigenvalue weighted by Crippen LogP contribution is 2.30. The van der Waals surface area contributed by atoms with Gasteiger partial charge in [0.05, 0.1) is 6.61 Å². The standard InChI is InChI=1S/C16H17N3O3/c20-15(21)14-6-7-17-16(19-14)18-12-8-11(9-12)10-22-13-4-2-1-3-5-13/h1-7,11-12H,8-10H2,(H,20,21)(H,17,18,19). The van der Waals surface area contributed by atoms with E-state index in [2.05, 4.69) is 15.3 Å². The fourth-order valence-electron chi connectivity index (χ4n) is 2.45. The van der Waals surface area contributed by atoms with Gasteiger partial charge in [-0.1, -0.05) is 18.2 Å². The van der Waals surface area contributed by atoms with Gasteiger partial charge in [-0.05, 0) is 37.0 Å². The second-order valence-corrected chi connectivity index (χ2v) is 5.37. The van der Waals surface area contributed by atoms with Gasteiger partial charge in [0.1, 0.15) is 5.75 Å². The van der Waals surface area contributed by atoms with E-state index >= 15 is 0 Å². The highest BCUT2D eigenvalue weighted by atomic mass is 16.5. The van der Waals surface area contributed by atoms with Crippen LogP contribution in [0.3, 0.4) is 0 Å². The van der Waals surface area contributed by atoms with Crippen LogP contribution in [0.25, 0.3) is 0 Å². The number of hydrogen-bond donors (Lipinski definition) is 2. The van der Waals surface area contributed by atoms with Crippen molar-refractivity contribution in [2.45, 2.75) is 18.9 Å². The predicted molar refractivity (Wildman–Crippen MR) is 81.1 cm³/mol. The summed E-state index contributed by atoms with van der Waals surface area (Å²) in [6.07, 6.45) is 3.38. The summed E-state index contributed by atoms with van der Waals surface area (Å²) in [5.74, 6) is 0.706. The third kappa shape index (κ3) is 3.52. The average molecular weight is 299 g/mol. The maximum absolute atomic E-state index is 10.9. The Labute approximate surface area is 128 Å². The minimum absolute atomic E-state index is 0.000726. The molecule has 1 fully saturated rings. The van der Waals surface area contributed by atoms with Gasteiger partial charge in [-0.3, -0.25) is 0 Å². The Morgan fingerprint density at radius 2 is 2.05 bits per heavy atom. The van der Waals surface area contributed by atoms with Crippen molar-refractivity contribution in [2.75, 3.05) is 11.9 Å². The van der Waals surface area contributed by atoms with Crippen LogP contribution in [0.5, 0.6) is 5.75 Å². The highest BCUT2D eigenvalue weighted by molar-refractivity contribution is 5.85. The lowest BCUT2D eigenvalue weighted by atomic mass is 9.81. The van der Waals surface area contributed by atoms with E-state index in [9.17, 15) is 4.79 Å². The molecule has 0 radical (unpaired) electrons. The lowest BCUT2D eigenvalue weighted by molar-refractivity contribution is 0.0690. The highest BCUT2D eigenvalue weighted by Gasteiger charge is 2.30. The van der Waals surface area contributed by atoms with Crippen molar-refractivity contribution in [3.8, 4) is 5.75 Å². The third-order valence-electron chi connectivity index (χ3n) is 3.67. The Morgan fingerprint density at radius 3 is 2.77 bits per heavy atom. The molecular formula is C16H17N3O3. The van der Waals surface area contributed by atoms with Crippen LogP contribution in [0.15, 0.2) is 42.6 Å². The van der Waals surface area contributed by atoms with E-state index in [0.29, 0.717) is 18.5 Å². The van der Waals surface area contributed by atoms with Gasteiger partial charge in [0.25, 0.3) is 0 Å². The van der Waals surface area contributed by atoms with Crippen molar-refractivity contribution in [1.82, 2.24) is 9.97 Å². The first-order chi connectivity index (χ1) is 10.7. The molecule has 2 aromatic rings. The zero-order chi connectivity index (χ0) is 15.4. The summed E-state index contributed by atoms with van der Waals surface area (Å²) < 4.78 is 5.72. The zero-order valence-electron chi connectivity index (χ0n) is 12.0. The second-order valence-electron chi connectivity index (χ2n) is 5.37. The Morgan fingerprint density at radius 1 is 1.27 bits per heavy atom. The van der Waals surface area contributed by atoms with Crippen LogP contribution in [0.4, 0.5) is 5.95 Å². The summed E-state index contributed by atoms with van der Waals surface area (Å²) in [6, 6.07) is 11.4. The van der Waals surface area contributed by atoms with Gasteiger partial charge in [0.15, 0.2) is 5.69 Å². The van der Waals surface area contributed by atoms with Crippen LogP contribution in [0.1, 0.15) is 23.3 Å². The summed E-state index contributed by atoms with van der Waals surface area (Å²) in [4.78, 5) is 18.9. The van der Waals surface area contributed by atoms with Crippen molar-refractivity contribution in [3.05, 3.63) is 48.3 Å². The van der Waals surface area contributed by atoms with E-state index in [1.54, 1.807) is 0 Å². The number of nitrogens with one attached hydrogen (secondary N) is 1. The number of hydrogen-bond acceptors (Lipinski definition) is 5. The first kappa shape index (κ1) is 14.3. The maximum Gasteiger partial charge on any atom is 0.354 e. The molecule has 2 N–H and O–H groups in total. The quantitative estimate of drug-likeness (QED) is 0.852. The van der Waals surface area contributed by atoms with Gasteiger partial charge in [-0.2, -0.15) is 0 Å².